The van der Waals surface area contributed by atoms with Crippen LogP contribution < -0.4 is 20.1 Å². The summed E-state index contributed by atoms with van der Waals surface area (Å²) in [5.41, 5.74) is 1.71. The van der Waals surface area contributed by atoms with Crippen molar-refractivity contribution in [1.29, 1.82) is 0 Å². The van der Waals surface area contributed by atoms with Gasteiger partial charge in [0.15, 0.2) is 0 Å². The zero-order valence-corrected chi connectivity index (χ0v) is 22.5. The van der Waals surface area contributed by atoms with Crippen molar-refractivity contribution in [3.63, 3.8) is 0 Å². The molecule has 0 spiro atoms. The Balaban J connectivity index is 1.30. The van der Waals surface area contributed by atoms with Crippen LogP contribution in [0.3, 0.4) is 0 Å². The van der Waals surface area contributed by atoms with Crippen LogP contribution in [0.15, 0.2) is 12.1 Å². The zero-order chi connectivity index (χ0) is 25.4. The number of ether oxygens (including phenoxy) is 2. The van der Waals surface area contributed by atoms with Crippen LogP contribution in [-0.2, 0) is 4.79 Å². The van der Waals surface area contributed by atoms with E-state index in [4.69, 9.17) is 9.47 Å². The van der Waals surface area contributed by atoms with E-state index in [2.05, 4.69) is 24.5 Å². The smallest absolute Gasteiger partial charge is 0.255 e. The van der Waals surface area contributed by atoms with Crippen molar-refractivity contribution in [2.75, 3.05) is 13.7 Å². The number of hydrogen-bond donors (Lipinski definition) is 2. The third-order valence-electron chi connectivity index (χ3n) is 9.77. The van der Waals surface area contributed by atoms with Crippen LogP contribution in [0, 0.1) is 36.0 Å². The van der Waals surface area contributed by atoms with Crippen molar-refractivity contribution in [1.82, 2.24) is 10.6 Å². The summed E-state index contributed by atoms with van der Waals surface area (Å²) in [6, 6.07) is 3.63. The highest BCUT2D eigenvalue weighted by atomic mass is 16.5. The average Bonchev–Trinajstić information content (AvgIpc) is 3.45. The molecule has 4 fully saturated rings. The fourth-order valence-corrected chi connectivity index (χ4v) is 7.14. The minimum absolute atomic E-state index is 0.118. The summed E-state index contributed by atoms with van der Waals surface area (Å²) in [6.45, 7) is 7.30. The molecule has 0 aliphatic heterocycles. The van der Waals surface area contributed by atoms with E-state index >= 15 is 0 Å². The molecular formula is C30H44N2O4. The molecule has 36 heavy (non-hydrogen) atoms. The van der Waals surface area contributed by atoms with E-state index < -0.39 is 0 Å². The van der Waals surface area contributed by atoms with Crippen LogP contribution in [0.25, 0.3) is 0 Å². The van der Waals surface area contributed by atoms with Crippen LogP contribution in [0.4, 0.5) is 0 Å². The molecule has 6 nitrogen and oxygen atoms in total. The molecule has 1 aromatic carbocycles. The largest absolute Gasteiger partial charge is 0.496 e. The number of fused-ring (bicyclic) bond motifs is 2. The molecule has 1 aromatic rings. The molecule has 6 heteroatoms. The number of carbonyl (C=O) groups is 2. The lowest BCUT2D eigenvalue weighted by molar-refractivity contribution is -0.128. The molecule has 2 N–H and O–H groups in total. The summed E-state index contributed by atoms with van der Waals surface area (Å²) in [6.07, 6.45) is 11.5. The van der Waals surface area contributed by atoms with Gasteiger partial charge in [0.1, 0.15) is 11.5 Å². The number of hydrogen-bond acceptors (Lipinski definition) is 4. The molecule has 0 heterocycles. The maximum Gasteiger partial charge on any atom is 0.255 e. The second kappa shape index (κ2) is 10.3. The molecule has 198 valence electrons. The predicted molar refractivity (Wildman–Crippen MR) is 140 cm³/mol. The van der Waals surface area contributed by atoms with Crippen molar-refractivity contribution in [3.8, 4) is 11.5 Å². The lowest BCUT2D eigenvalue weighted by Crippen LogP contribution is -2.51. The minimum Gasteiger partial charge on any atom is -0.496 e. The number of aryl methyl sites for hydroxylation is 1. The Morgan fingerprint density at radius 1 is 1.03 bits per heavy atom. The van der Waals surface area contributed by atoms with E-state index in [0.29, 0.717) is 23.1 Å². The first kappa shape index (κ1) is 25.4. The molecule has 0 saturated heterocycles. The topological polar surface area (TPSA) is 76.7 Å². The number of benzene rings is 1. The summed E-state index contributed by atoms with van der Waals surface area (Å²) >= 11 is 0. The molecule has 2 amide bonds. The Labute approximate surface area is 216 Å². The first-order valence-electron chi connectivity index (χ1n) is 14.2. The maximum absolute atomic E-state index is 13.6. The Kier molecular flexibility index (Phi) is 7.24. The molecule has 0 radical (unpaired) electrons. The monoisotopic (exact) mass is 496 g/mol. The van der Waals surface area contributed by atoms with Gasteiger partial charge in [0.2, 0.25) is 5.91 Å². The molecule has 0 unspecified atom stereocenters. The van der Waals surface area contributed by atoms with Gasteiger partial charge >= 0.3 is 0 Å². The van der Waals surface area contributed by atoms with E-state index in [9.17, 15) is 9.59 Å². The summed E-state index contributed by atoms with van der Waals surface area (Å²) in [7, 11) is 1.60. The lowest BCUT2D eigenvalue weighted by atomic mass is 9.70. The van der Waals surface area contributed by atoms with E-state index in [1.165, 1.54) is 32.1 Å². The fourth-order valence-electron chi connectivity index (χ4n) is 7.14. The van der Waals surface area contributed by atoms with E-state index in [0.717, 1.165) is 55.9 Å². The quantitative estimate of drug-likeness (QED) is 0.504. The number of carbonyl (C=O) groups excluding carboxylic acids is 2. The summed E-state index contributed by atoms with van der Waals surface area (Å²) in [4.78, 5) is 26.9. The molecule has 0 aromatic heterocycles. The average molecular weight is 497 g/mol. The normalized spacial score (nSPS) is 32.4. The number of amides is 2. The third kappa shape index (κ3) is 5.10. The van der Waals surface area contributed by atoms with Crippen LogP contribution in [0.5, 0.6) is 11.5 Å². The summed E-state index contributed by atoms with van der Waals surface area (Å²) in [5, 5.41) is 6.53. The Hall–Kier alpha value is -2.24. The van der Waals surface area contributed by atoms with Gasteiger partial charge in [-0.2, -0.15) is 0 Å². The van der Waals surface area contributed by atoms with Gasteiger partial charge in [0.25, 0.3) is 5.91 Å². The molecule has 4 aliphatic rings. The molecule has 4 saturated carbocycles. The van der Waals surface area contributed by atoms with E-state index in [-0.39, 0.29) is 35.3 Å². The Bertz CT molecular complexity index is 979. The first-order chi connectivity index (χ1) is 17.3. The maximum atomic E-state index is 13.6. The number of rotatable bonds is 8. The van der Waals surface area contributed by atoms with Gasteiger partial charge in [-0.15, -0.1) is 0 Å². The number of nitrogens with one attached hydrogen (secondary N) is 2. The Morgan fingerprint density at radius 3 is 2.42 bits per heavy atom. The Morgan fingerprint density at radius 2 is 1.75 bits per heavy atom. The third-order valence-corrected chi connectivity index (χ3v) is 9.77. The summed E-state index contributed by atoms with van der Waals surface area (Å²) in [5.74, 6) is 2.60. The number of methoxy groups -OCH3 is 1. The van der Waals surface area contributed by atoms with Crippen LogP contribution >= 0.6 is 0 Å². The van der Waals surface area contributed by atoms with Crippen molar-refractivity contribution in [3.05, 3.63) is 23.3 Å². The lowest BCUT2D eigenvalue weighted by Gasteiger charge is -2.39. The minimum atomic E-state index is -0.171. The zero-order valence-electron chi connectivity index (χ0n) is 22.5. The SMILES string of the molecule is COc1cc(C)c(OC2CCC(C)CC2)cc1C(=O)N[C@@H]1[C@H]2CC[C@H](C2)[C@@H]1C(=O)NCC1(C)CCC1. The van der Waals surface area contributed by atoms with E-state index in [1.807, 2.05) is 19.1 Å². The van der Waals surface area contributed by atoms with Crippen LogP contribution in [0.1, 0.15) is 94.0 Å². The van der Waals surface area contributed by atoms with E-state index in [1.54, 1.807) is 7.11 Å². The fraction of sp³-hybridized carbons (Fsp3) is 0.733. The molecular weight excluding hydrogens is 452 g/mol. The van der Waals surface area contributed by atoms with Crippen molar-refractivity contribution in [2.24, 2.45) is 29.1 Å². The van der Waals surface area contributed by atoms with Gasteiger partial charge in [-0.05, 0) is 106 Å². The first-order valence-corrected chi connectivity index (χ1v) is 14.2. The van der Waals surface area contributed by atoms with Gasteiger partial charge in [0.05, 0.1) is 24.7 Å². The van der Waals surface area contributed by atoms with Crippen molar-refractivity contribution < 1.29 is 19.1 Å². The van der Waals surface area contributed by atoms with Crippen LogP contribution in [-0.4, -0.2) is 37.6 Å². The highest BCUT2D eigenvalue weighted by Crippen LogP contribution is 2.49. The molecule has 4 atom stereocenters. The van der Waals surface area contributed by atoms with Gasteiger partial charge in [-0.25, -0.2) is 0 Å². The van der Waals surface area contributed by atoms with Crippen LogP contribution in [0.2, 0.25) is 0 Å². The van der Waals surface area contributed by atoms with Gasteiger partial charge in [0, 0.05) is 12.6 Å². The molecule has 2 bridgehead atoms. The van der Waals surface area contributed by atoms with Crippen molar-refractivity contribution in [2.45, 2.75) is 97.1 Å². The summed E-state index contributed by atoms with van der Waals surface area (Å²) < 4.78 is 12.0. The standard InChI is InChI=1S/C30H44N2O4/c1-18-6-10-22(11-7-18)36-24-16-23(25(35-4)14-19(24)2)28(33)32-27-21-9-8-20(15-21)26(27)29(34)31-17-30(3)12-5-13-30/h14,16,18,20-22,26-27H,5-13,15,17H2,1-4H3,(H,31,34)(H,32,33)/t18?,20-,21+,22?,26+,27-/m1/s1. The molecule has 4 aliphatic carbocycles. The molecule has 5 rings (SSSR count). The second-order valence-corrected chi connectivity index (χ2v) is 12.6. The highest BCUT2D eigenvalue weighted by molar-refractivity contribution is 5.98. The van der Waals surface area contributed by atoms with Crippen molar-refractivity contribution >= 4 is 11.8 Å². The highest BCUT2D eigenvalue weighted by Gasteiger charge is 2.51. The van der Waals surface area contributed by atoms with Gasteiger partial charge < -0.3 is 20.1 Å². The predicted octanol–water partition coefficient (Wildman–Crippen LogP) is 5.41. The van der Waals surface area contributed by atoms with Gasteiger partial charge in [-0.1, -0.05) is 20.3 Å². The second-order valence-electron chi connectivity index (χ2n) is 12.6. The van der Waals surface area contributed by atoms with Gasteiger partial charge in [-0.3, -0.25) is 9.59 Å².